The second kappa shape index (κ2) is 5.01. The topological polar surface area (TPSA) is 38.9 Å². The van der Waals surface area contributed by atoms with Gasteiger partial charge in [0.25, 0.3) is 0 Å². The molecule has 0 aliphatic heterocycles. The van der Waals surface area contributed by atoms with Gasteiger partial charge in [0.1, 0.15) is 5.69 Å². The first-order valence-electron chi connectivity index (χ1n) is 6.99. The Kier molecular flexibility index (Phi) is 3.00. The lowest BCUT2D eigenvalue weighted by Gasteiger charge is -1.99. The molecule has 1 fully saturated rings. The summed E-state index contributed by atoms with van der Waals surface area (Å²) in [5, 5.41) is 0.719. The van der Waals surface area contributed by atoms with E-state index in [4.69, 9.17) is 16.0 Å². The average molecular weight is 297 g/mol. The summed E-state index contributed by atoms with van der Waals surface area (Å²) in [7, 11) is 0. The van der Waals surface area contributed by atoms with Gasteiger partial charge < -0.3 is 4.42 Å². The van der Waals surface area contributed by atoms with Crippen LogP contribution in [0.4, 0.5) is 0 Å². The molecule has 1 aliphatic rings. The van der Waals surface area contributed by atoms with Crippen molar-refractivity contribution in [3.63, 3.8) is 0 Å². The van der Waals surface area contributed by atoms with E-state index in [1.54, 1.807) is 6.20 Å². The highest BCUT2D eigenvalue weighted by atomic mass is 35.5. The molecule has 0 saturated heterocycles. The quantitative estimate of drug-likeness (QED) is 0.687. The summed E-state index contributed by atoms with van der Waals surface area (Å²) >= 11 is 5.96. The lowest BCUT2D eigenvalue weighted by atomic mass is 10.1. The molecule has 104 valence electrons. The minimum Gasteiger partial charge on any atom is -0.434 e. The Hall–Kier alpha value is -2.13. The van der Waals surface area contributed by atoms with E-state index in [-0.39, 0.29) is 0 Å². The lowest BCUT2D eigenvalue weighted by Crippen LogP contribution is -1.85. The first-order valence-corrected chi connectivity index (χ1v) is 7.37. The number of halogens is 1. The van der Waals surface area contributed by atoms with Crippen molar-refractivity contribution >= 4 is 11.6 Å². The number of oxazole rings is 1. The van der Waals surface area contributed by atoms with E-state index >= 15 is 0 Å². The Balaban J connectivity index is 1.82. The van der Waals surface area contributed by atoms with E-state index < -0.39 is 0 Å². The molecule has 4 rings (SSSR count). The maximum absolute atomic E-state index is 6.01. The van der Waals surface area contributed by atoms with E-state index in [0.717, 1.165) is 27.7 Å². The molecule has 2 heterocycles. The van der Waals surface area contributed by atoms with Gasteiger partial charge in [-0.3, -0.25) is 4.98 Å². The normalized spacial score (nSPS) is 14.3. The molecule has 1 aromatic carbocycles. The molecule has 0 bridgehead atoms. The van der Waals surface area contributed by atoms with Gasteiger partial charge in [-0.25, -0.2) is 4.98 Å². The zero-order valence-corrected chi connectivity index (χ0v) is 12.0. The molecule has 0 spiro atoms. The second-order valence-corrected chi connectivity index (χ2v) is 5.67. The molecule has 0 atom stereocenters. The average Bonchev–Trinajstić information content (AvgIpc) is 3.28. The number of hydrogen-bond donors (Lipinski definition) is 0. The van der Waals surface area contributed by atoms with E-state index in [9.17, 15) is 0 Å². The standard InChI is InChI=1S/C17H13ClN2O/c18-13-8-6-12(7-9-13)16-15(11-4-5-11)20-17(21-16)14-3-1-2-10-19-14/h1-3,6-11H,4-5H2. The number of rotatable bonds is 3. The summed E-state index contributed by atoms with van der Waals surface area (Å²) in [5.74, 6) is 1.94. The fraction of sp³-hybridized carbons (Fsp3) is 0.176. The molecule has 21 heavy (non-hydrogen) atoms. The fourth-order valence-corrected chi connectivity index (χ4v) is 2.50. The van der Waals surface area contributed by atoms with Gasteiger partial charge in [0.2, 0.25) is 5.89 Å². The molecule has 3 nitrogen and oxygen atoms in total. The van der Waals surface area contributed by atoms with E-state index in [0.29, 0.717) is 11.8 Å². The number of benzene rings is 1. The third-order valence-electron chi connectivity index (χ3n) is 3.61. The van der Waals surface area contributed by atoms with Crippen LogP contribution < -0.4 is 0 Å². The molecule has 2 aromatic heterocycles. The van der Waals surface area contributed by atoms with Gasteiger partial charge >= 0.3 is 0 Å². The molecular formula is C17H13ClN2O. The Morgan fingerprint density at radius 3 is 2.52 bits per heavy atom. The summed E-state index contributed by atoms with van der Waals surface area (Å²) in [4.78, 5) is 8.99. The predicted octanol–water partition coefficient (Wildman–Crippen LogP) is 4.93. The molecule has 3 aromatic rings. The van der Waals surface area contributed by atoms with Crippen molar-refractivity contribution in [3.8, 4) is 22.9 Å². The van der Waals surface area contributed by atoms with Crippen LogP contribution in [0.2, 0.25) is 5.02 Å². The smallest absolute Gasteiger partial charge is 0.245 e. The van der Waals surface area contributed by atoms with Gasteiger partial charge in [0.05, 0.1) is 5.69 Å². The van der Waals surface area contributed by atoms with Crippen LogP contribution in [0.5, 0.6) is 0 Å². The van der Waals surface area contributed by atoms with E-state index in [1.807, 2.05) is 42.5 Å². The van der Waals surface area contributed by atoms with Crippen LogP contribution in [-0.2, 0) is 0 Å². The first kappa shape index (κ1) is 12.6. The zero-order valence-electron chi connectivity index (χ0n) is 11.3. The first-order chi connectivity index (χ1) is 10.3. The van der Waals surface area contributed by atoms with Crippen LogP contribution in [0.25, 0.3) is 22.9 Å². The van der Waals surface area contributed by atoms with Gasteiger partial charge in [0.15, 0.2) is 5.76 Å². The minimum atomic E-state index is 0.511. The van der Waals surface area contributed by atoms with Crippen molar-refractivity contribution < 1.29 is 4.42 Å². The molecule has 0 radical (unpaired) electrons. The highest BCUT2D eigenvalue weighted by Crippen LogP contribution is 2.45. The third kappa shape index (κ3) is 2.45. The summed E-state index contributed by atoms with van der Waals surface area (Å²) in [6.45, 7) is 0. The lowest BCUT2D eigenvalue weighted by molar-refractivity contribution is 0.585. The van der Waals surface area contributed by atoms with E-state index in [1.165, 1.54) is 12.8 Å². The Bertz CT molecular complexity index is 761. The van der Waals surface area contributed by atoms with Crippen LogP contribution in [0, 0.1) is 0 Å². The minimum absolute atomic E-state index is 0.511. The highest BCUT2D eigenvalue weighted by molar-refractivity contribution is 6.30. The summed E-state index contributed by atoms with van der Waals surface area (Å²) in [6, 6.07) is 13.4. The number of hydrogen-bond acceptors (Lipinski definition) is 3. The molecule has 4 heteroatoms. The van der Waals surface area contributed by atoms with Crippen LogP contribution in [0.1, 0.15) is 24.5 Å². The zero-order chi connectivity index (χ0) is 14.2. The Morgan fingerprint density at radius 2 is 1.86 bits per heavy atom. The van der Waals surface area contributed by atoms with Crippen molar-refractivity contribution in [2.45, 2.75) is 18.8 Å². The monoisotopic (exact) mass is 296 g/mol. The number of nitrogens with zero attached hydrogens (tertiary/aromatic N) is 2. The molecule has 0 unspecified atom stereocenters. The van der Waals surface area contributed by atoms with Crippen molar-refractivity contribution in [1.29, 1.82) is 0 Å². The molecule has 0 N–H and O–H groups in total. The second-order valence-electron chi connectivity index (χ2n) is 5.23. The van der Waals surface area contributed by atoms with Gasteiger partial charge in [-0.05, 0) is 49.2 Å². The summed E-state index contributed by atoms with van der Waals surface area (Å²) < 4.78 is 6.01. The molecule has 1 aliphatic carbocycles. The van der Waals surface area contributed by atoms with Gasteiger partial charge in [-0.15, -0.1) is 0 Å². The van der Waals surface area contributed by atoms with Crippen molar-refractivity contribution in [1.82, 2.24) is 9.97 Å². The van der Waals surface area contributed by atoms with Crippen molar-refractivity contribution in [3.05, 3.63) is 59.4 Å². The van der Waals surface area contributed by atoms with Crippen LogP contribution >= 0.6 is 11.6 Å². The van der Waals surface area contributed by atoms with Crippen LogP contribution in [0.3, 0.4) is 0 Å². The van der Waals surface area contributed by atoms with Gasteiger partial charge in [-0.1, -0.05) is 17.7 Å². The summed E-state index contributed by atoms with van der Waals surface area (Å²) in [5.41, 5.74) is 2.81. The number of aromatic nitrogens is 2. The Morgan fingerprint density at radius 1 is 1.05 bits per heavy atom. The van der Waals surface area contributed by atoms with Crippen molar-refractivity contribution in [2.24, 2.45) is 0 Å². The van der Waals surface area contributed by atoms with Gasteiger partial charge in [-0.2, -0.15) is 0 Å². The van der Waals surface area contributed by atoms with Crippen LogP contribution in [0.15, 0.2) is 53.1 Å². The maximum atomic E-state index is 6.01. The number of pyridine rings is 1. The molecular weight excluding hydrogens is 284 g/mol. The van der Waals surface area contributed by atoms with Crippen molar-refractivity contribution in [2.75, 3.05) is 0 Å². The SMILES string of the molecule is Clc1ccc(-c2oc(-c3ccccn3)nc2C2CC2)cc1. The fourth-order valence-electron chi connectivity index (χ4n) is 2.37. The predicted molar refractivity (Wildman–Crippen MR) is 82.2 cm³/mol. The third-order valence-corrected chi connectivity index (χ3v) is 3.86. The molecule has 0 amide bonds. The molecule has 1 saturated carbocycles. The van der Waals surface area contributed by atoms with E-state index in [2.05, 4.69) is 9.97 Å². The largest absolute Gasteiger partial charge is 0.434 e. The maximum Gasteiger partial charge on any atom is 0.245 e. The highest BCUT2D eigenvalue weighted by Gasteiger charge is 2.31. The summed E-state index contributed by atoms with van der Waals surface area (Å²) in [6.07, 6.45) is 4.10. The van der Waals surface area contributed by atoms with Gasteiger partial charge in [0, 0.05) is 22.7 Å². The van der Waals surface area contributed by atoms with Crippen LogP contribution in [-0.4, -0.2) is 9.97 Å². The Labute approximate surface area is 127 Å².